The number of ether oxygens (including phenoxy) is 2. The number of aliphatic hydroxyl groups is 1. The molecule has 2 N–H and O–H groups in total. The van der Waals surface area contributed by atoms with Crippen molar-refractivity contribution in [2.75, 3.05) is 5.75 Å². The van der Waals surface area contributed by atoms with Crippen molar-refractivity contribution in [1.82, 2.24) is 10.3 Å². The van der Waals surface area contributed by atoms with E-state index in [0.29, 0.717) is 12.2 Å². The second-order valence-corrected chi connectivity index (χ2v) is 10.1. The van der Waals surface area contributed by atoms with E-state index in [-0.39, 0.29) is 23.7 Å². The van der Waals surface area contributed by atoms with Crippen molar-refractivity contribution < 1.29 is 24.2 Å². The fraction of sp³-hybridized carbons (Fsp3) is 0.625. The van der Waals surface area contributed by atoms with Crippen LogP contribution in [0.1, 0.15) is 63.0 Å². The summed E-state index contributed by atoms with van der Waals surface area (Å²) >= 11 is 1.14. The van der Waals surface area contributed by atoms with Gasteiger partial charge in [0.1, 0.15) is 6.10 Å². The first-order valence-electron chi connectivity index (χ1n) is 11.5. The van der Waals surface area contributed by atoms with Crippen LogP contribution in [0.5, 0.6) is 0 Å². The Morgan fingerprint density at radius 2 is 1.97 bits per heavy atom. The molecule has 7 nitrogen and oxygen atoms in total. The highest BCUT2D eigenvalue weighted by Crippen LogP contribution is 2.36. The lowest BCUT2D eigenvalue weighted by molar-refractivity contribution is -0.283. The summed E-state index contributed by atoms with van der Waals surface area (Å²) < 4.78 is 11.9. The number of nitrogens with zero attached hydrogens (tertiary/aromatic N) is 1. The van der Waals surface area contributed by atoms with Crippen LogP contribution < -0.4 is 5.32 Å². The predicted molar refractivity (Wildman–Crippen MR) is 122 cm³/mol. The Morgan fingerprint density at radius 1 is 1.16 bits per heavy atom. The molecule has 2 fully saturated rings. The Morgan fingerprint density at radius 3 is 2.78 bits per heavy atom. The molecule has 3 aliphatic heterocycles. The summed E-state index contributed by atoms with van der Waals surface area (Å²) in [4.78, 5) is 28.6. The van der Waals surface area contributed by atoms with Gasteiger partial charge in [-0.25, -0.2) is 4.79 Å². The van der Waals surface area contributed by atoms with Gasteiger partial charge in [0.25, 0.3) is 5.24 Å². The quantitative estimate of drug-likeness (QED) is 0.617. The van der Waals surface area contributed by atoms with E-state index in [2.05, 4.69) is 16.4 Å². The molecule has 0 aliphatic carbocycles. The second kappa shape index (κ2) is 10.4. The van der Waals surface area contributed by atoms with E-state index in [0.717, 1.165) is 62.3 Å². The van der Waals surface area contributed by atoms with Crippen LogP contribution in [0.2, 0.25) is 0 Å². The topological polar surface area (TPSA) is 97.8 Å². The zero-order chi connectivity index (χ0) is 22.6. The molecule has 0 saturated carbocycles. The molecule has 1 amide bonds. The van der Waals surface area contributed by atoms with Crippen LogP contribution in [-0.2, 0) is 27.1 Å². The summed E-state index contributed by atoms with van der Waals surface area (Å²) in [6.45, 7) is 1.95. The summed E-state index contributed by atoms with van der Waals surface area (Å²) in [7, 11) is 0. The molecule has 2 saturated heterocycles. The summed E-state index contributed by atoms with van der Waals surface area (Å²) in [6, 6.07) is 1.58. The van der Waals surface area contributed by atoms with Gasteiger partial charge < -0.3 is 19.9 Å². The number of esters is 1. The summed E-state index contributed by atoms with van der Waals surface area (Å²) in [5, 5.41) is 13.9. The van der Waals surface area contributed by atoms with E-state index < -0.39 is 17.9 Å². The van der Waals surface area contributed by atoms with Crippen molar-refractivity contribution in [3.63, 3.8) is 0 Å². The largest absolute Gasteiger partial charge is 0.459 e. The van der Waals surface area contributed by atoms with Crippen molar-refractivity contribution in [2.24, 2.45) is 0 Å². The number of hydrogen-bond acceptors (Lipinski definition) is 7. The van der Waals surface area contributed by atoms with Crippen LogP contribution in [0, 0.1) is 0 Å². The summed E-state index contributed by atoms with van der Waals surface area (Å²) in [6.07, 6.45) is 11.8. The number of aromatic nitrogens is 1. The maximum absolute atomic E-state index is 12.5. The molecule has 0 aromatic carbocycles. The monoisotopic (exact) mass is 460 g/mol. The van der Waals surface area contributed by atoms with E-state index in [1.54, 1.807) is 6.08 Å². The minimum absolute atomic E-state index is 0.155. The molecule has 0 spiro atoms. The molecule has 4 heterocycles. The first kappa shape index (κ1) is 23.3. The van der Waals surface area contributed by atoms with Gasteiger partial charge in [-0.1, -0.05) is 17.3 Å². The van der Waals surface area contributed by atoms with Gasteiger partial charge >= 0.3 is 5.97 Å². The fourth-order valence-corrected chi connectivity index (χ4v) is 5.73. The number of hydrogen-bond donors (Lipinski definition) is 2. The Balaban J connectivity index is 1.54. The van der Waals surface area contributed by atoms with Gasteiger partial charge in [-0.2, -0.15) is 0 Å². The fourth-order valence-electron chi connectivity index (χ4n) is 4.84. The molecule has 1 unspecified atom stereocenters. The first-order valence-corrected chi connectivity index (χ1v) is 12.5. The predicted octanol–water partition coefficient (Wildman–Crippen LogP) is 3.68. The van der Waals surface area contributed by atoms with E-state index >= 15 is 0 Å². The minimum atomic E-state index is -1.54. The molecular formula is C24H32N2O5S. The van der Waals surface area contributed by atoms with Crippen LogP contribution in [-0.4, -0.2) is 51.1 Å². The molecule has 1 aromatic heterocycles. The Labute approximate surface area is 193 Å². The van der Waals surface area contributed by atoms with Crippen molar-refractivity contribution >= 4 is 23.0 Å². The third-order valence-electron chi connectivity index (χ3n) is 6.53. The zero-order valence-corrected chi connectivity index (χ0v) is 19.4. The van der Waals surface area contributed by atoms with Crippen LogP contribution >= 0.6 is 11.8 Å². The average Bonchev–Trinajstić information content (AvgIpc) is 3.18. The highest BCUT2D eigenvalue weighted by molar-refractivity contribution is 8.14. The number of rotatable bonds is 1. The molecule has 32 heavy (non-hydrogen) atoms. The zero-order valence-electron chi connectivity index (χ0n) is 18.5. The van der Waals surface area contributed by atoms with Crippen molar-refractivity contribution in [2.45, 2.75) is 88.7 Å². The molecule has 3 aliphatic rings. The SMILES string of the molecule is CC1=CC(=O)O[C@@H]2C[C@@H](CCCc3ccncc3CCCC1)O[C@@](O)(C1CSC(=O)N1)C2. The van der Waals surface area contributed by atoms with Crippen LogP contribution in [0.4, 0.5) is 4.79 Å². The lowest BCUT2D eigenvalue weighted by Crippen LogP contribution is -2.58. The number of allylic oxidation sites excluding steroid dienone is 1. The van der Waals surface area contributed by atoms with E-state index in [1.807, 2.05) is 19.3 Å². The number of carbonyl (C=O) groups is 2. The molecular weight excluding hydrogens is 428 g/mol. The maximum Gasteiger partial charge on any atom is 0.330 e. The van der Waals surface area contributed by atoms with Gasteiger partial charge in [-0.05, 0) is 69.1 Å². The summed E-state index contributed by atoms with van der Waals surface area (Å²) in [5.74, 6) is -1.48. The number of amides is 1. The average molecular weight is 461 g/mol. The molecule has 8 heteroatoms. The smallest absolute Gasteiger partial charge is 0.330 e. The van der Waals surface area contributed by atoms with Gasteiger partial charge in [-0.15, -0.1) is 0 Å². The number of carbonyl (C=O) groups excluding carboxylic acids is 2. The number of aryl methyl sites for hydroxylation is 2. The van der Waals surface area contributed by atoms with E-state index in [1.165, 1.54) is 11.1 Å². The van der Waals surface area contributed by atoms with Crippen molar-refractivity contribution in [1.29, 1.82) is 0 Å². The summed E-state index contributed by atoms with van der Waals surface area (Å²) in [5.41, 5.74) is 3.59. The lowest BCUT2D eigenvalue weighted by Gasteiger charge is -2.43. The van der Waals surface area contributed by atoms with Gasteiger partial charge in [0.05, 0.1) is 12.1 Å². The third-order valence-corrected chi connectivity index (χ3v) is 7.41. The number of nitrogens with one attached hydrogen (secondary N) is 1. The van der Waals surface area contributed by atoms with Gasteiger partial charge in [0, 0.05) is 37.1 Å². The molecule has 174 valence electrons. The molecule has 4 rings (SSSR count). The molecule has 4 atom stereocenters. The maximum atomic E-state index is 12.5. The van der Waals surface area contributed by atoms with Crippen molar-refractivity contribution in [3.05, 3.63) is 41.2 Å². The molecule has 2 bridgehead atoms. The van der Waals surface area contributed by atoms with Crippen LogP contribution in [0.3, 0.4) is 0 Å². The van der Waals surface area contributed by atoms with Crippen LogP contribution in [0.25, 0.3) is 0 Å². The minimum Gasteiger partial charge on any atom is -0.459 e. The first-order chi connectivity index (χ1) is 15.4. The second-order valence-electron chi connectivity index (χ2n) is 9.11. The Bertz CT molecular complexity index is 876. The number of fused-ring (bicyclic) bond motifs is 3. The van der Waals surface area contributed by atoms with Gasteiger partial charge in [0.15, 0.2) is 5.79 Å². The molecule has 1 aromatic rings. The highest BCUT2D eigenvalue weighted by Gasteiger charge is 2.49. The third kappa shape index (κ3) is 5.91. The van der Waals surface area contributed by atoms with Crippen molar-refractivity contribution in [3.8, 4) is 0 Å². The lowest BCUT2D eigenvalue weighted by atomic mass is 9.90. The molecule has 0 radical (unpaired) electrons. The standard InChI is InChI=1S/C24H32N2O5S/c1-16-5-2-3-6-18-14-25-10-9-17(18)7-4-8-19-12-20(30-22(27)11-16)13-24(29,31-19)21-15-32-23(28)26-21/h9-11,14,19-21,29H,2-8,12-13,15H2,1H3,(H,26,28)/t19-,20-,21?,24-/m1/s1. The highest BCUT2D eigenvalue weighted by atomic mass is 32.2. The Hall–Kier alpha value is -1.90. The number of thioether (sulfide) groups is 1. The van der Waals surface area contributed by atoms with Crippen LogP contribution in [0.15, 0.2) is 30.1 Å². The number of pyridine rings is 1. The van der Waals surface area contributed by atoms with E-state index in [9.17, 15) is 14.7 Å². The van der Waals surface area contributed by atoms with E-state index in [4.69, 9.17) is 9.47 Å². The normalized spacial score (nSPS) is 32.4. The van der Waals surface area contributed by atoms with Gasteiger partial charge in [-0.3, -0.25) is 9.78 Å². The van der Waals surface area contributed by atoms with Gasteiger partial charge in [0.2, 0.25) is 0 Å². The Kier molecular flexibility index (Phi) is 7.53.